The maximum atomic E-state index is 12.8. The van der Waals surface area contributed by atoms with Crippen molar-refractivity contribution < 1.29 is 62.9 Å². The van der Waals surface area contributed by atoms with Crippen LogP contribution in [0.25, 0.3) is 0 Å². The smallest absolute Gasteiger partial charge is 0.287 e. The minimum absolute atomic E-state index is 0.758. The number of hydrogen-bond donors (Lipinski definition) is 0. The molecule has 0 spiro atoms. The van der Waals surface area contributed by atoms with E-state index in [-0.39, 0.29) is 0 Å². The molecule has 0 aromatic carbocycles. The Morgan fingerprint density at radius 3 is 1.48 bits per heavy atom. The van der Waals surface area contributed by atoms with Crippen molar-refractivity contribution in [2.75, 3.05) is 0 Å². The summed E-state index contributed by atoms with van der Waals surface area (Å²) in [7, 11) is 0. The molecule has 136 valence electrons. The Hall–Kier alpha value is -1.60. The highest BCUT2D eigenvalue weighted by Gasteiger charge is 2.88. The molecule has 0 saturated heterocycles. The van der Waals surface area contributed by atoms with Gasteiger partial charge in [0.05, 0.1) is 0 Å². The number of alkyl halides is 11. The Morgan fingerprint density at radius 1 is 0.783 bits per heavy atom. The SMILES string of the molecule is C=C(C)C(=O)OOC(F)(F)C(F)(F)C(F)(F)C(F)(F)C(F)(F)F. The molecule has 0 fully saturated rings. The largest absolute Gasteiger partial charge is 0.461 e. The molecule has 0 N–H and O–H groups in total. The summed E-state index contributed by atoms with van der Waals surface area (Å²) in [5.41, 5.74) is -0.767. The fourth-order valence-corrected chi connectivity index (χ4v) is 0.772. The van der Waals surface area contributed by atoms with Crippen LogP contribution in [0.3, 0.4) is 0 Å². The van der Waals surface area contributed by atoms with Crippen molar-refractivity contribution in [2.24, 2.45) is 0 Å². The zero-order valence-electron chi connectivity index (χ0n) is 10.6. The average molecular weight is 370 g/mol. The highest BCUT2D eigenvalue weighted by molar-refractivity contribution is 5.86. The van der Waals surface area contributed by atoms with E-state index in [4.69, 9.17) is 0 Å². The van der Waals surface area contributed by atoms with E-state index >= 15 is 0 Å². The molecule has 0 unspecified atom stereocenters. The van der Waals surface area contributed by atoms with Crippen LogP contribution in [0.1, 0.15) is 6.92 Å². The van der Waals surface area contributed by atoms with Gasteiger partial charge in [0.1, 0.15) is 0 Å². The first-order valence-electron chi connectivity index (χ1n) is 4.96. The van der Waals surface area contributed by atoms with Gasteiger partial charge in [-0.3, -0.25) is 4.89 Å². The van der Waals surface area contributed by atoms with Gasteiger partial charge in [0.15, 0.2) is 0 Å². The maximum Gasteiger partial charge on any atom is 0.461 e. The van der Waals surface area contributed by atoms with Gasteiger partial charge in [0.25, 0.3) is 0 Å². The minimum Gasteiger partial charge on any atom is -0.287 e. The van der Waals surface area contributed by atoms with E-state index in [1.54, 1.807) is 0 Å². The molecule has 14 heteroatoms. The van der Waals surface area contributed by atoms with Crippen molar-refractivity contribution in [3.05, 3.63) is 12.2 Å². The summed E-state index contributed by atoms with van der Waals surface area (Å²) in [4.78, 5) is 15.8. The van der Waals surface area contributed by atoms with Gasteiger partial charge in [-0.25, -0.2) is 4.79 Å². The lowest BCUT2D eigenvalue weighted by Gasteiger charge is -2.35. The third kappa shape index (κ3) is 3.50. The van der Waals surface area contributed by atoms with Gasteiger partial charge in [-0.15, -0.1) is 4.89 Å². The van der Waals surface area contributed by atoms with Crippen LogP contribution in [0.15, 0.2) is 12.2 Å². The summed E-state index contributed by atoms with van der Waals surface area (Å²) in [5, 5.41) is 0. The van der Waals surface area contributed by atoms with E-state index in [9.17, 15) is 53.1 Å². The molecule has 0 atom stereocenters. The topological polar surface area (TPSA) is 35.5 Å². The molecular weight excluding hydrogens is 365 g/mol. The molecule has 3 nitrogen and oxygen atoms in total. The lowest BCUT2D eigenvalue weighted by atomic mass is 10.0. The van der Waals surface area contributed by atoms with Crippen LogP contribution in [0, 0.1) is 0 Å². The van der Waals surface area contributed by atoms with E-state index in [1.165, 1.54) is 0 Å². The first kappa shape index (κ1) is 21.4. The van der Waals surface area contributed by atoms with Crippen LogP contribution in [0.5, 0.6) is 0 Å². The quantitative estimate of drug-likeness (QED) is 0.306. The van der Waals surface area contributed by atoms with Gasteiger partial charge in [0, 0.05) is 5.57 Å². The van der Waals surface area contributed by atoms with Crippen molar-refractivity contribution in [3.8, 4) is 0 Å². The van der Waals surface area contributed by atoms with E-state index in [0.29, 0.717) is 0 Å². The lowest BCUT2D eigenvalue weighted by Crippen LogP contribution is -2.66. The van der Waals surface area contributed by atoms with Crippen molar-refractivity contribution in [2.45, 2.75) is 37.0 Å². The zero-order chi connectivity index (χ0) is 19.1. The van der Waals surface area contributed by atoms with Crippen LogP contribution >= 0.6 is 0 Å². The molecule has 0 aliphatic heterocycles. The summed E-state index contributed by atoms with van der Waals surface area (Å²) >= 11 is 0. The molecule has 0 aliphatic carbocycles. The van der Waals surface area contributed by atoms with Gasteiger partial charge in [-0.1, -0.05) is 6.58 Å². The fraction of sp³-hybridized carbons (Fsp3) is 0.667. The minimum atomic E-state index is -7.64. The van der Waals surface area contributed by atoms with Crippen LogP contribution in [0.2, 0.25) is 0 Å². The van der Waals surface area contributed by atoms with Crippen LogP contribution in [-0.4, -0.2) is 36.0 Å². The first-order valence-corrected chi connectivity index (χ1v) is 4.96. The van der Waals surface area contributed by atoms with E-state index < -0.39 is 41.6 Å². The molecule has 0 bridgehead atoms. The number of carbonyl (C=O) groups is 1. The highest BCUT2D eigenvalue weighted by Crippen LogP contribution is 2.57. The van der Waals surface area contributed by atoms with Gasteiger partial charge >= 0.3 is 36.0 Å². The lowest BCUT2D eigenvalue weighted by molar-refractivity contribution is -0.509. The Morgan fingerprint density at radius 2 is 1.17 bits per heavy atom. The fourth-order valence-electron chi connectivity index (χ4n) is 0.772. The predicted octanol–water partition coefficient (Wildman–Crippen LogP) is 4.10. The van der Waals surface area contributed by atoms with E-state index in [2.05, 4.69) is 16.4 Å². The van der Waals surface area contributed by atoms with E-state index in [1.807, 2.05) is 0 Å². The molecule has 0 aromatic heterocycles. The predicted molar refractivity (Wildman–Crippen MR) is 47.8 cm³/mol. The van der Waals surface area contributed by atoms with Gasteiger partial charge < -0.3 is 0 Å². The van der Waals surface area contributed by atoms with Gasteiger partial charge in [-0.05, 0) is 6.92 Å². The van der Waals surface area contributed by atoms with E-state index in [0.717, 1.165) is 6.92 Å². The number of rotatable bonds is 6. The van der Waals surface area contributed by atoms with Crippen LogP contribution in [0.4, 0.5) is 48.3 Å². The van der Waals surface area contributed by atoms with Crippen LogP contribution < -0.4 is 0 Å². The molecule has 0 radical (unpaired) electrons. The van der Waals surface area contributed by atoms with Crippen LogP contribution in [-0.2, 0) is 14.6 Å². The molecule has 0 saturated carbocycles. The Labute approximate surface area is 119 Å². The van der Waals surface area contributed by atoms with Crippen molar-refractivity contribution in [3.63, 3.8) is 0 Å². The monoisotopic (exact) mass is 370 g/mol. The average Bonchev–Trinajstić information content (AvgIpc) is 2.33. The van der Waals surface area contributed by atoms with Crippen molar-refractivity contribution >= 4 is 5.97 Å². The third-order valence-corrected chi connectivity index (χ3v) is 2.08. The second-order valence-corrected chi connectivity index (χ2v) is 3.97. The number of halogens is 11. The molecule has 0 aromatic rings. The zero-order valence-corrected chi connectivity index (χ0v) is 10.6. The number of carbonyl (C=O) groups excluding carboxylic acids is 1. The standard InChI is InChI=1S/C9H5F11O3/c1-3(2)4(21)22-23-9(19,20)7(14,15)5(10,11)6(12,13)8(16,17)18/h1H2,2H3. The normalized spacial score (nSPS) is 14.6. The Kier molecular flexibility index (Phi) is 5.39. The molecule has 0 aliphatic rings. The second-order valence-electron chi connectivity index (χ2n) is 3.97. The molecule has 0 amide bonds. The molecule has 0 heterocycles. The van der Waals surface area contributed by atoms with Crippen molar-refractivity contribution in [1.82, 2.24) is 0 Å². The van der Waals surface area contributed by atoms with Gasteiger partial charge in [0.2, 0.25) is 0 Å². The van der Waals surface area contributed by atoms with Crippen molar-refractivity contribution in [1.29, 1.82) is 0 Å². The third-order valence-electron chi connectivity index (χ3n) is 2.08. The molecule has 0 rings (SSSR count). The summed E-state index contributed by atoms with van der Waals surface area (Å²) in [6.45, 7) is 3.49. The molecular formula is C9H5F11O3. The Bertz CT molecular complexity index is 480. The molecule has 23 heavy (non-hydrogen) atoms. The Balaban J connectivity index is 5.66. The van der Waals surface area contributed by atoms with Gasteiger partial charge in [-0.2, -0.15) is 48.3 Å². The maximum absolute atomic E-state index is 12.8. The second kappa shape index (κ2) is 5.79. The summed E-state index contributed by atoms with van der Waals surface area (Å²) in [6.07, 6.45) is -14.0. The summed E-state index contributed by atoms with van der Waals surface area (Å²) < 4.78 is 137. The summed E-state index contributed by atoms with van der Waals surface area (Å²) in [6, 6.07) is 0. The first-order chi connectivity index (χ1) is 9.83. The highest BCUT2D eigenvalue weighted by atomic mass is 19.4. The number of hydrogen-bond acceptors (Lipinski definition) is 3. The summed E-state index contributed by atoms with van der Waals surface area (Å²) in [5.74, 6) is -24.6.